The lowest BCUT2D eigenvalue weighted by molar-refractivity contribution is -0.121. The van der Waals surface area contributed by atoms with E-state index in [-0.39, 0.29) is 23.8 Å². The molecule has 2 rings (SSSR count). The van der Waals surface area contributed by atoms with Crippen LogP contribution < -0.4 is 5.32 Å². The molecule has 16 heavy (non-hydrogen) atoms. The third-order valence-electron chi connectivity index (χ3n) is 2.60. The van der Waals surface area contributed by atoms with Crippen LogP contribution in [0.2, 0.25) is 0 Å². The van der Waals surface area contributed by atoms with E-state index in [9.17, 15) is 4.79 Å². The fourth-order valence-electron chi connectivity index (χ4n) is 1.71. The molecule has 0 aliphatic carbocycles. The third kappa shape index (κ3) is 2.39. The zero-order valence-corrected chi connectivity index (χ0v) is 9.96. The van der Waals surface area contributed by atoms with Gasteiger partial charge in [0, 0.05) is 10.9 Å². The molecule has 0 spiro atoms. The molecule has 0 saturated carbocycles. The summed E-state index contributed by atoms with van der Waals surface area (Å²) in [4.78, 5) is 13.0. The first-order chi connectivity index (χ1) is 7.70. The number of nitrogens with one attached hydrogen (secondary N) is 1. The van der Waals surface area contributed by atoms with Crippen molar-refractivity contribution in [1.82, 2.24) is 5.32 Å². The van der Waals surface area contributed by atoms with Gasteiger partial charge in [-0.25, -0.2) is 0 Å². The maximum Gasteiger partial charge on any atom is 0.234 e. The molecule has 86 valence electrons. The minimum Gasteiger partial charge on any atom is -0.394 e. The standard InChI is InChI=1S/C12H15NO2S/c1-8(7-14)13-12(15)11-6-9-4-2-3-5-10(9)16-11/h2-5,8,11,14H,6-7H2,1H3,(H,13,15)/t8-,11?/m0/s1. The smallest absolute Gasteiger partial charge is 0.234 e. The molecular weight excluding hydrogens is 222 g/mol. The number of fused-ring (bicyclic) bond motifs is 1. The van der Waals surface area contributed by atoms with Gasteiger partial charge in [-0.15, -0.1) is 11.8 Å². The van der Waals surface area contributed by atoms with E-state index in [0.717, 1.165) is 6.42 Å². The summed E-state index contributed by atoms with van der Waals surface area (Å²) in [6, 6.07) is 7.92. The van der Waals surface area contributed by atoms with Crippen LogP contribution in [0.5, 0.6) is 0 Å². The summed E-state index contributed by atoms with van der Waals surface area (Å²) in [5.41, 5.74) is 1.24. The second-order valence-electron chi connectivity index (χ2n) is 4.01. The van der Waals surface area contributed by atoms with Crippen molar-refractivity contribution in [2.24, 2.45) is 0 Å². The van der Waals surface area contributed by atoms with Crippen LogP contribution in [0.3, 0.4) is 0 Å². The molecule has 0 fully saturated rings. The van der Waals surface area contributed by atoms with Crippen molar-refractivity contribution in [3.05, 3.63) is 29.8 Å². The Labute approximate surface area is 99.2 Å². The van der Waals surface area contributed by atoms with Gasteiger partial charge in [-0.05, 0) is 25.0 Å². The molecular formula is C12H15NO2S. The van der Waals surface area contributed by atoms with Crippen molar-refractivity contribution in [3.8, 4) is 0 Å². The van der Waals surface area contributed by atoms with Gasteiger partial charge in [0.25, 0.3) is 0 Å². The number of aliphatic hydroxyl groups excluding tert-OH is 1. The van der Waals surface area contributed by atoms with Crippen molar-refractivity contribution in [3.63, 3.8) is 0 Å². The highest BCUT2D eigenvalue weighted by Gasteiger charge is 2.28. The predicted molar refractivity (Wildman–Crippen MR) is 64.5 cm³/mol. The Balaban J connectivity index is 1.98. The van der Waals surface area contributed by atoms with Gasteiger partial charge in [0.1, 0.15) is 0 Å². The molecule has 1 heterocycles. The quantitative estimate of drug-likeness (QED) is 0.830. The SMILES string of the molecule is C[C@@H](CO)NC(=O)C1Cc2ccccc2S1. The third-order valence-corrected chi connectivity index (χ3v) is 3.92. The van der Waals surface area contributed by atoms with E-state index in [4.69, 9.17) is 5.11 Å². The van der Waals surface area contributed by atoms with Gasteiger partial charge < -0.3 is 10.4 Å². The second kappa shape index (κ2) is 4.89. The Bertz CT molecular complexity index is 369. The van der Waals surface area contributed by atoms with E-state index in [1.54, 1.807) is 18.7 Å². The maximum atomic E-state index is 11.8. The molecule has 1 aromatic carbocycles. The highest BCUT2D eigenvalue weighted by molar-refractivity contribution is 8.01. The van der Waals surface area contributed by atoms with Gasteiger partial charge in [0.2, 0.25) is 5.91 Å². The van der Waals surface area contributed by atoms with Gasteiger partial charge >= 0.3 is 0 Å². The molecule has 1 unspecified atom stereocenters. The Hall–Kier alpha value is -1.00. The van der Waals surface area contributed by atoms with E-state index < -0.39 is 0 Å². The predicted octanol–water partition coefficient (Wildman–Crippen LogP) is 1.20. The first-order valence-corrected chi connectivity index (χ1v) is 6.24. The van der Waals surface area contributed by atoms with Crippen molar-refractivity contribution >= 4 is 17.7 Å². The summed E-state index contributed by atoms with van der Waals surface area (Å²) in [5.74, 6) is 0.0164. The average molecular weight is 237 g/mol. The average Bonchev–Trinajstić information content (AvgIpc) is 2.72. The summed E-state index contributed by atoms with van der Waals surface area (Å²) in [6.45, 7) is 1.78. The van der Waals surface area contributed by atoms with Crippen LogP contribution in [0.25, 0.3) is 0 Å². The summed E-state index contributed by atoms with van der Waals surface area (Å²) in [6.07, 6.45) is 0.783. The number of aliphatic hydroxyl groups is 1. The monoisotopic (exact) mass is 237 g/mol. The molecule has 2 N–H and O–H groups in total. The fraction of sp³-hybridized carbons (Fsp3) is 0.417. The zero-order valence-electron chi connectivity index (χ0n) is 9.14. The van der Waals surface area contributed by atoms with Gasteiger partial charge in [-0.3, -0.25) is 4.79 Å². The Morgan fingerprint density at radius 2 is 2.38 bits per heavy atom. The molecule has 1 aliphatic rings. The van der Waals surface area contributed by atoms with Gasteiger partial charge in [-0.2, -0.15) is 0 Å². The summed E-state index contributed by atoms with van der Waals surface area (Å²) < 4.78 is 0. The number of rotatable bonds is 3. The van der Waals surface area contributed by atoms with Crippen LogP contribution in [0, 0.1) is 0 Å². The summed E-state index contributed by atoms with van der Waals surface area (Å²) >= 11 is 1.60. The van der Waals surface area contributed by atoms with Crippen molar-refractivity contribution in [1.29, 1.82) is 0 Å². The lowest BCUT2D eigenvalue weighted by Crippen LogP contribution is -2.40. The minimum absolute atomic E-state index is 0.0164. The van der Waals surface area contributed by atoms with Gasteiger partial charge in [-0.1, -0.05) is 18.2 Å². The number of amides is 1. The molecule has 4 heteroatoms. The van der Waals surface area contributed by atoms with E-state index >= 15 is 0 Å². The molecule has 1 amide bonds. The Morgan fingerprint density at radius 1 is 1.62 bits per heavy atom. The summed E-state index contributed by atoms with van der Waals surface area (Å²) in [7, 11) is 0. The number of hydrogen-bond donors (Lipinski definition) is 2. The maximum absolute atomic E-state index is 11.8. The van der Waals surface area contributed by atoms with E-state index in [2.05, 4.69) is 11.4 Å². The number of hydrogen-bond acceptors (Lipinski definition) is 3. The molecule has 2 atom stereocenters. The van der Waals surface area contributed by atoms with Gasteiger partial charge in [0.15, 0.2) is 0 Å². The highest BCUT2D eigenvalue weighted by atomic mass is 32.2. The number of benzene rings is 1. The molecule has 1 aliphatic heterocycles. The lowest BCUT2D eigenvalue weighted by atomic mass is 10.1. The first kappa shape index (κ1) is 11.5. The zero-order chi connectivity index (χ0) is 11.5. The second-order valence-corrected chi connectivity index (χ2v) is 5.26. The Morgan fingerprint density at radius 3 is 3.06 bits per heavy atom. The normalized spacial score (nSPS) is 20.2. The highest BCUT2D eigenvalue weighted by Crippen LogP contribution is 2.36. The number of carbonyl (C=O) groups is 1. The largest absolute Gasteiger partial charge is 0.394 e. The molecule has 1 aromatic rings. The minimum atomic E-state index is -0.170. The lowest BCUT2D eigenvalue weighted by Gasteiger charge is -2.14. The van der Waals surface area contributed by atoms with Crippen LogP contribution in [0.1, 0.15) is 12.5 Å². The van der Waals surface area contributed by atoms with Crippen LogP contribution in [0.15, 0.2) is 29.2 Å². The van der Waals surface area contributed by atoms with E-state index in [1.807, 2.05) is 18.2 Å². The van der Waals surface area contributed by atoms with Gasteiger partial charge in [0.05, 0.1) is 11.9 Å². The topological polar surface area (TPSA) is 49.3 Å². The molecule has 0 saturated heterocycles. The summed E-state index contributed by atoms with van der Waals surface area (Å²) in [5, 5.41) is 11.6. The number of thioether (sulfide) groups is 1. The van der Waals surface area contributed by atoms with Crippen LogP contribution in [0.4, 0.5) is 0 Å². The number of carbonyl (C=O) groups excluding carboxylic acids is 1. The first-order valence-electron chi connectivity index (χ1n) is 5.36. The van der Waals surface area contributed by atoms with Crippen LogP contribution in [-0.4, -0.2) is 28.9 Å². The van der Waals surface area contributed by atoms with Crippen LogP contribution in [-0.2, 0) is 11.2 Å². The van der Waals surface area contributed by atoms with Crippen LogP contribution >= 0.6 is 11.8 Å². The molecule has 0 bridgehead atoms. The van der Waals surface area contributed by atoms with E-state index in [0.29, 0.717) is 0 Å². The molecule has 0 aromatic heterocycles. The van der Waals surface area contributed by atoms with Crippen molar-refractivity contribution in [2.75, 3.05) is 6.61 Å². The molecule has 0 radical (unpaired) electrons. The fourth-order valence-corrected chi connectivity index (χ4v) is 2.91. The van der Waals surface area contributed by atoms with E-state index in [1.165, 1.54) is 10.5 Å². The van der Waals surface area contributed by atoms with Crippen molar-refractivity contribution < 1.29 is 9.90 Å². The van der Waals surface area contributed by atoms with Crippen molar-refractivity contribution in [2.45, 2.75) is 29.5 Å². The Kier molecular flexibility index (Phi) is 3.51. The molecule has 3 nitrogen and oxygen atoms in total.